The summed E-state index contributed by atoms with van der Waals surface area (Å²) < 4.78 is 18.5. The molecule has 0 saturated carbocycles. The number of piperidine rings is 1. The van der Waals surface area contributed by atoms with Crippen LogP contribution in [0.15, 0.2) is 24.3 Å². The monoisotopic (exact) mass is 282 g/mol. The number of rotatable bonds is 5. The molecule has 0 spiro atoms. The molecule has 0 radical (unpaired) electrons. The van der Waals surface area contributed by atoms with Crippen molar-refractivity contribution in [1.82, 2.24) is 4.90 Å². The van der Waals surface area contributed by atoms with Crippen molar-refractivity contribution in [2.75, 3.05) is 26.2 Å². The van der Waals surface area contributed by atoms with E-state index in [-0.39, 0.29) is 19.0 Å². The molecule has 1 heterocycles. The van der Waals surface area contributed by atoms with E-state index in [1.54, 1.807) is 17.0 Å². The lowest BCUT2D eigenvalue weighted by molar-refractivity contribution is -0.121. The number of amides is 1. The van der Waals surface area contributed by atoms with Gasteiger partial charge in [0.05, 0.1) is 6.54 Å². The van der Waals surface area contributed by atoms with E-state index in [1.807, 2.05) is 0 Å². The molecule has 0 aromatic heterocycles. The number of nitrogens with two attached hydrogens (primary N) is 1. The number of primary amides is 1. The number of ether oxygens (including phenoxy) is 1. The third-order valence-corrected chi connectivity index (χ3v) is 3.32. The van der Waals surface area contributed by atoms with E-state index in [2.05, 4.69) is 0 Å². The number of hydrogen-bond donors (Lipinski definition) is 2. The number of hydrogen-bond acceptors (Lipinski definition) is 4. The van der Waals surface area contributed by atoms with Crippen LogP contribution in [0.3, 0.4) is 0 Å². The fourth-order valence-corrected chi connectivity index (χ4v) is 2.45. The smallest absolute Gasteiger partial charge is 0.231 e. The second kappa shape index (κ2) is 6.19. The van der Waals surface area contributed by atoms with Crippen molar-refractivity contribution in [3.05, 3.63) is 30.1 Å². The van der Waals surface area contributed by atoms with Crippen LogP contribution in [0.2, 0.25) is 0 Å². The molecule has 3 N–H and O–H groups in total. The first-order valence-corrected chi connectivity index (χ1v) is 6.58. The predicted octanol–water partition coefficient (Wildman–Crippen LogP) is 0.517. The van der Waals surface area contributed by atoms with Crippen LogP contribution in [0, 0.1) is 5.82 Å². The maximum absolute atomic E-state index is 13.0. The Morgan fingerprint density at radius 1 is 1.55 bits per heavy atom. The van der Waals surface area contributed by atoms with Crippen molar-refractivity contribution in [3.63, 3.8) is 0 Å². The molecule has 2 rings (SSSR count). The van der Waals surface area contributed by atoms with Crippen molar-refractivity contribution < 1.29 is 19.0 Å². The first-order chi connectivity index (χ1) is 9.47. The van der Waals surface area contributed by atoms with Crippen LogP contribution in [-0.2, 0) is 4.79 Å². The Morgan fingerprint density at radius 3 is 3.05 bits per heavy atom. The second-order valence-electron chi connectivity index (χ2n) is 5.25. The Bertz CT molecular complexity index is 483. The molecule has 20 heavy (non-hydrogen) atoms. The van der Waals surface area contributed by atoms with Crippen molar-refractivity contribution in [3.8, 4) is 5.75 Å². The van der Waals surface area contributed by atoms with Crippen molar-refractivity contribution in [2.45, 2.75) is 18.4 Å². The van der Waals surface area contributed by atoms with Gasteiger partial charge in [0.15, 0.2) is 0 Å². The minimum atomic E-state index is -1.04. The van der Waals surface area contributed by atoms with E-state index in [1.165, 1.54) is 12.1 Å². The minimum absolute atomic E-state index is 0.0612. The third kappa shape index (κ3) is 4.18. The van der Waals surface area contributed by atoms with Gasteiger partial charge in [-0.1, -0.05) is 6.07 Å². The van der Waals surface area contributed by atoms with Crippen LogP contribution in [0.4, 0.5) is 4.39 Å². The first-order valence-electron chi connectivity index (χ1n) is 6.58. The summed E-state index contributed by atoms with van der Waals surface area (Å²) in [5.41, 5.74) is 4.12. The number of nitrogens with zero attached hydrogens (tertiary/aromatic N) is 1. The third-order valence-electron chi connectivity index (χ3n) is 3.32. The van der Waals surface area contributed by atoms with Crippen LogP contribution >= 0.6 is 0 Å². The van der Waals surface area contributed by atoms with E-state index >= 15 is 0 Å². The van der Waals surface area contributed by atoms with Crippen molar-refractivity contribution in [2.24, 2.45) is 5.73 Å². The summed E-state index contributed by atoms with van der Waals surface area (Å²) in [4.78, 5) is 12.7. The maximum atomic E-state index is 13.0. The number of β-amino-alcohol motifs (C(OH)–C–C–N with tert-alkyl or cyclic N) is 1. The standard InChI is InChI=1S/C14H19FN2O3/c15-11-3-1-4-12(7-11)20-10-14(19)5-2-6-17(9-14)8-13(16)18/h1,3-4,7,19H,2,5-6,8-10H2,(H2,16,18). The SMILES string of the molecule is NC(=O)CN1CCCC(O)(COc2cccc(F)c2)C1. The van der Waals surface area contributed by atoms with Gasteiger partial charge >= 0.3 is 0 Å². The topological polar surface area (TPSA) is 75.8 Å². The van der Waals surface area contributed by atoms with Gasteiger partial charge in [0, 0.05) is 12.6 Å². The predicted molar refractivity (Wildman–Crippen MR) is 71.7 cm³/mol. The lowest BCUT2D eigenvalue weighted by Crippen LogP contribution is -2.53. The summed E-state index contributed by atoms with van der Waals surface area (Å²) in [6.07, 6.45) is 1.34. The summed E-state index contributed by atoms with van der Waals surface area (Å²) in [7, 11) is 0. The van der Waals surface area contributed by atoms with Crippen LogP contribution in [0.5, 0.6) is 5.75 Å². The van der Waals surface area contributed by atoms with Gasteiger partial charge in [-0.15, -0.1) is 0 Å². The average Bonchev–Trinajstić information content (AvgIpc) is 2.36. The first kappa shape index (κ1) is 14.7. The quantitative estimate of drug-likeness (QED) is 0.825. The van der Waals surface area contributed by atoms with Gasteiger partial charge in [-0.2, -0.15) is 0 Å². The molecule has 5 nitrogen and oxygen atoms in total. The number of likely N-dealkylation sites (tertiary alicyclic amines) is 1. The van der Waals surface area contributed by atoms with Crippen molar-refractivity contribution in [1.29, 1.82) is 0 Å². The summed E-state index contributed by atoms with van der Waals surface area (Å²) >= 11 is 0. The Hall–Kier alpha value is -1.66. The van der Waals surface area contributed by atoms with Crippen molar-refractivity contribution >= 4 is 5.91 Å². The molecular weight excluding hydrogens is 263 g/mol. The zero-order chi connectivity index (χ0) is 14.6. The van der Waals surface area contributed by atoms with Gasteiger partial charge in [-0.05, 0) is 31.5 Å². The molecule has 6 heteroatoms. The van der Waals surface area contributed by atoms with E-state index in [9.17, 15) is 14.3 Å². The van der Waals surface area contributed by atoms with E-state index < -0.39 is 11.5 Å². The second-order valence-corrected chi connectivity index (χ2v) is 5.25. The van der Waals surface area contributed by atoms with Gasteiger partial charge in [0.1, 0.15) is 23.8 Å². The van der Waals surface area contributed by atoms with Crippen LogP contribution < -0.4 is 10.5 Å². The van der Waals surface area contributed by atoms with E-state index in [4.69, 9.17) is 10.5 Å². The summed E-state index contributed by atoms with van der Waals surface area (Å²) in [5, 5.41) is 10.5. The van der Waals surface area contributed by atoms with Crippen LogP contribution in [-0.4, -0.2) is 47.8 Å². The van der Waals surface area contributed by atoms with Crippen LogP contribution in [0.25, 0.3) is 0 Å². The lowest BCUT2D eigenvalue weighted by atomic mass is 9.93. The molecule has 1 aliphatic rings. The van der Waals surface area contributed by atoms with Gasteiger partial charge in [0.2, 0.25) is 5.91 Å². The molecule has 1 unspecified atom stereocenters. The van der Waals surface area contributed by atoms with Crippen LogP contribution in [0.1, 0.15) is 12.8 Å². The molecule has 1 atom stereocenters. The Labute approximate surface area is 117 Å². The summed E-state index contributed by atoms with van der Waals surface area (Å²) in [6.45, 7) is 1.24. The molecule has 1 saturated heterocycles. The Morgan fingerprint density at radius 2 is 2.35 bits per heavy atom. The normalized spacial score (nSPS) is 23.5. The lowest BCUT2D eigenvalue weighted by Gasteiger charge is -2.38. The van der Waals surface area contributed by atoms with Gasteiger partial charge in [-0.3, -0.25) is 9.69 Å². The zero-order valence-corrected chi connectivity index (χ0v) is 11.2. The number of halogens is 1. The maximum Gasteiger partial charge on any atom is 0.231 e. The molecule has 1 aromatic rings. The Kier molecular flexibility index (Phi) is 4.57. The summed E-state index contributed by atoms with van der Waals surface area (Å²) in [6, 6.07) is 5.79. The zero-order valence-electron chi connectivity index (χ0n) is 11.2. The fourth-order valence-electron chi connectivity index (χ4n) is 2.45. The number of aliphatic hydroxyl groups is 1. The molecule has 0 bridgehead atoms. The molecule has 0 aliphatic carbocycles. The highest BCUT2D eigenvalue weighted by Gasteiger charge is 2.34. The highest BCUT2D eigenvalue weighted by molar-refractivity contribution is 5.75. The molecular formula is C14H19FN2O3. The molecule has 1 fully saturated rings. The van der Waals surface area contributed by atoms with Gasteiger partial charge in [0.25, 0.3) is 0 Å². The van der Waals surface area contributed by atoms with E-state index in [0.717, 1.165) is 13.0 Å². The molecule has 1 amide bonds. The largest absolute Gasteiger partial charge is 0.490 e. The van der Waals surface area contributed by atoms with Gasteiger partial charge in [-0.25, -0.2) is 4.39 Å². The minimum Gasteiger partial charge on any atom is -0.490 e. The number of carbonyl (C=O) groups excluding carboxylic acids is 1. The van der Waals surface area contributed by atoms with E-state index in [0.29, 0.717) is 18.7 Å². The average molecular weight is 282 g/mol. The number of benzene rings is 1. The highest BCUT2D eigenvalue weighted by Crippen LogP contribution is 2.23. The highest BCUT2D eigenvalue weighted by atomic mass is 19.1. The summed E-state index contributed by atoms with van der Waals surface area (Å²) in [5.74, 6) is -0.417. The number of carbonyl (C=O) groups is 1. The Balaban J connectivity index is 1.91. The van der Waals surface area contributed by atoms with Gasteiger partial charge < -0.3 is 15.6 Å². The molecule has 1 aromatic carbocycles. The molecule has 1 aliphatic heterocycles. The fraction of sp³-hybridized carbons (Fsp3) is 0.500. The molecule has 110 valence electrons.